The van der Waals surface area contributed by atoms with E-state index in [9.17, 15) is 0 Å². The Bertz CT molecular complexity index is 557. The number of hydrogen-bond acceptors (Lipinski definition) is 2. The average Bonchev–Trinajstić information content (AvgIpc) is 2.45. The Morgan fingerprint density at radius 3 is 2.74 bits per heavy atom. The zero-order valence-corrected chi connectivity index (χ0v) is 12.5. The molecule has 1 aromatic heterocycles. The van der Waals surface area contributed by atoms with Gasteiger partial charge in [-0.15, -0.1) is 11.6 Å². The van der Waals surface area contributed by atoms with Crippen LogP contribution in [0.2, 0.25) is 5.02 Å². The van der Waals surface area contributed by atoms with Crippen molar-refractivity contribution in [1.29, 1.82) is 0 Å². The molecule has 0 spiro atoms. The Morgan fingerprint density at radius 1 is 1.26 bits per heavy atom. The van der Waals surface area contributed by atoms with E-state index < -0.39 is 0 Å². The van der Waals surface area contributed by atoms with E-state index in [1.54, 1.807) is 6.20 Å². The van der Waals surface area contributed by atoms with Gasteiger partial charge in [0.1, 0.15) is 0 Å². The van der Waals surface area contributed by atoms with E-state index in [1.165, 1.54) is 5.56 Å². The number of rotatable bonds is 4. The molecule has 0 fully saturated rings. The molecule has 0 radical (unpaired) electrons. The summed E-state index contributed by atoms with van der Waals surface area (Å²) in [5, 5.41) is 0.758. The van der Waals surface area contributed by atoms with Crippen molar-refractivity contribution >= 4 is 28.9 Å². The maximum atomic E-state index is 6.04. The first-order valence-electron chi connectivity index (χ1n) is 6.11. The molecular formula is C15H16Cl2N2. The van der Waals surface area contributed by atoms with Gasteiger partial charge in [0.05, 0.1) is 17.6 Å². The third-order valence-electron chi connectivity index (χ3n) is 3.26. The molecular weight excluding hydrogens is 279 g/mol. The molecule has 0 saturated carbocycles. The number of anilines is 1. The first-order chi connectivity index (χ1) is 9.11. The van der Waals surface area contributed by atoms with Crippen LogP contribution in [0.1, 0.15) is 24.2 Å². The normalized spacial score (nSPS) is 12.2. The lowest BCUT2D eigenvalue weighted by Crippen LogP contribution is -2.21. The van der Waals surface area contributed by atoms with E-state index in [2.05, 4.69) is 29.9 Å². The Labute approximate surface area is 124 Å². The highest BCUT2D eigenvalue weighted by atomic mass is 35.5. The third kappa shape index (κ3) is 3.40. The summed E-state index contributed by atoms with van der Waals surface area (Å²) in [4.78, 5) is 6.39. The predicted molar refractivity (Wildman–Crippen MR) is 82.1 cm³/mol. The Kier molecular flexibility index (Phi) is 4.67. The first kappa shape index (κ1) is 14.2. The van der Waals surface area contributed by atoms with Crippen LogP contribution in [-0.4, -0.2) is 12.0 Å². The fourth-order valence-electron chi connectivity index (χ4n) is 1.97. The van der Waals surface area contributed by atoms with E-state index in [1.807, 2.05) is 30.3 Å². The minimum absolute atomic E-state index is 0.226. The lowest BCUT2D eigenvalue weighted by molar-refractivity contribution is 0.738. The van der Waals surface area contributed by atoms with Gasteiger partial charge in [-0.1, -0.05) is 23.7 Å². The van der Waals surface area contributed by atoms with Crippen LogP contribution in [0.5, 0.6) is 0 Å². The van der Waals surface area contributed by atoms with E-state index in [4.69, 9.17) is 23.2 Å². The number of alkyl halides is 1. The molecule has 1 atom stereocenters. The van der Waals surface area contributed by atoms with Crippen LogP contribution in [0.25, 0.3) is 0 Å². The lowest BCUT2D eigenvalue weighted by Gasteiger charge is -2.27. The Hall–Kier alpha value is -1.25. The molecule has 2 nitrogen and oxygen atoms in total. The number of pyridine rings is 1. The largest absolute Gasteiger partial charge is 0.368 e. The highest BCUT2D eigenvalue weighted by molar-refractivity contribution is 6.30. The van der Waals surface area contributed by atoms with Gasteiger partial charge in [0.15, 0.2) is 0 Å². The maximum absolute atomic E-state index is 6.04. The molecule has 0 bridgehead atoms. The van der Waals surface area contributed by atoms with Gasteiger partial charge in [-0.05, 0) is 36.8 Å². The van der Waals surface area contributed by atoms with Gasteiger partial charge in [-0.3, -0.25) is 4.98 Å². The zero-order chi connectivity index (χ0) is 13.8. The SMILES string of the molecule is CC(c1cccc(Cl)c1)N(C)c1ccnc(CCl)c1. The summed E-state index contributed by atoms with van der Waals surface area (Å²) in [6.45, 7) is 2.15. The molecule has 19 heavy (non-hydrogen) atoms. The summed E-state index contributed by atoms with van der Waals surface area (Å²) in [6, 6.07) is 12.1. The highest BCUT2D eigenvalue weighted by Crippen LogP contribution is 2.27. The van der Waals surface area contributed by atoms with Crippen molar-refractivity contribution in [2.24, 2.45) is 0 Å². The second kappa shape index (κ2) is 6.27. The molecule has 0 aliphatic heterocycles. The van der Waals surface area contributed by atoms with Gasteiger partial charge in [0, 0.05) is 24.0 Å². The van der Waals surface area contributed by atoms with Crippen LogP contribution in [-0.2, 0) is 5.88 Å². The van der Waals surface area contributed by atoms with Crippen LogP contribution < -0.4 is 4.90 Å². The van der Waals surface area contributed by atoms with Gasteiger partial charge in [0.2, 0.25) is 0 Å². The topological polar surface area (TPSA) is 16.1 Å². The molecule has 0 amide bonds. The van der Waals surface area contributed by atoms with Crippen molar-refractivity contribution in [1.82, 2.24) is 4.98 Å². The van der Waals surface area contributed by atoms with Gasteiger partial charge in [-0.25, -0.2) is 0 Å². The van der Waals surface area contributed by atoms with Crippen LogP contribution in [0.4, 0.5) is 5.69 Å². The molecule has 0 aliphatic rings. The summed E-state index contributed by atoms with van der Waals surface area (Å²) in [7, 11) is 2.05. The number of nitrogens with zero attached hydrogens (tertiary/aromatic N) is 2. The van der Waals surface area contributed by atoms with Gasteiger partial charge >= 0.3 is 0 Å². The molecule has 1 heterocycles. The lowest BCUT2D eigenvalue weighted by atomic mass is 10.1. The Balaban J connectivity index is 2.25. The standard InChI is InChI=1S/C15H16Cl2N2/c1-11(12-4-3-5-13(17)8-12)19(2)15-6-7-18-14(9-15)10-16/h3-9,11H,10H2,1-2H3. The van der Waals surface area contributed by atoms with E-state index in [-0.39, 0.29) is 6.04 Å². The molecule has 2 aromatic rings. The second-order valence-corrected chi connectivity index (χ2v) is 5.18. The minimum Gasteiger partial charge on any atom is -0.368 e. The number of benzene rings is 1. The van der Waals surface area contributed by atoms with E-state index >= 15 is 0 Å². The molecule has 2 rings (SSSR count). The summed E-state index contributed by atoms with van der Waals surface area (Å²) in [6.07, 6.45) is 1.79. The Morgan fingerprint density at radius 2 is 2.05 bits per heavy atom. The smallest absolute Gasteiger partial charge is 0.0648 e. The quantitative estimate of drug-likeness (QED) is 0.762. The number of halogens is 2. The van der Waals surface area contributed by atoms with Crippen molar-refractivity contribution in [2.45, 2.75) is 18.8 Å². The first-order valence-corrected chi connectivity index (χ1v) is 7.02. The second-order valence-electron chi connectivity index (χ2n) is 4.48. The maximum Gasteiger partial charge on any atom is 0.0648 e. The predicted octanol–water partition coefficient (Wildman–Crippen LogP) is 4.67. The van der Waals surface area contributed by atoms with Crippen LogP contribution in [0.15, 0.2) is 42.6 Å². The van der Waals surface area contributed by atoms with Crippen molar-refractivity contribution in [2.75, 3.05) is 11.9 Å². The highest BCUT2D eigenvalue weighted by Gasteiger charge is 2.13. The summed E-state index contributed by atoms with van der Waals surface area (Å²) < 4.78 is 0. The average molecular weight is 295 g/mol. The summed E-state index contributed by atoms with van der Waals surface area (Å²) in [5.41, 5.74) is 3.15. The zero-order valence-electron chi connectivity index (χ0n) is 11.0. The van der Waals surface area contributed by atoms with Crippen LogP contribution >= 0.6 is 23.2 Å². The van der Waals surface area contributed by atoms with E-state index in [0.717, 1.165) is 16.4 Å². The van der Waals surface area contributed by atoms with Crippen molar-refractivity contribution < 1.29 is 0 Å². The molecule has 1 unspecified atom stereocenters. The van der Waals surface area contributed by atoms with Crippen LogP contribution in [0.3, 0.4) is 0 Å². The van der Waals surface area contributed by atoms with Crippen molar-refractivity contribution in [3.8, 4) is 0 Å². The van der Waals surface area contributed by atoms with Gasteiger partial charge in [0.25, 0.3) is 0 Å². The van der Waals surface area contributed by atoms with Crippen molar-refractivity contribution in [3.05, 3.63) is 58.9 Å². The fraction of sp³-hybridized carbons (Fsp3) is 0.267. The molecule has 1 aromatic carbocycles. The summed E-state index contributed by atoms with van der Waals surface area (Å²) >= 11 is 11.9. The molecule has 0 N–H and O–H groups in total. The van der Waals surface area contributed by atoms with Gasteiger partial charge in [-0.2, -0.15) is 0 Å². The molecule has 100 valence electrons. The minimum atomic E-state index is 0.226. The van der Waals surface area contributed by atoms with Gasteiger partial charge < -0.3 is 4.90 Å². The third-order valence-corrected chi connectivity index (χ3v) is 3.77. The van der Waals surface area contributed by atoms with Crippen molar-refractivity contribution in [3.63, 3.8) is 0 Å². The summed E-state index contributed by atoms with van der Waals surface area (Å²) in [5.74, 6) is 0.424. The fourth-order valence-corrected chi connectivity index (χ4v) is 2.32. The monoisotopic (exact) mass is 294 g/mol. The number of hydrogen-bond donors (Lipinski definition) is 0. The molecule has 0 saturated heterocycles. The number of aromatic nitrogens is 1. The van der Waals surface area contributed by atoms with E-state index in [0.29, 0.717) is 5.88 Å². The molecule has 0 aliphatic carbocycles. The molecule has 4 heteroatoms. The van der Waals surface area contributed by atoms with Crippen LogP contribution in [0, 0.1) is 0 Å².